The van der Waals surface area contributed by atoms with Crippen LogP contribution in [0.1, 0.15) is 59.3 Å². The second-order valence-electron chi connectivity index (χ2n) is 10.3. The number of allylic oxidation sites excluding steroid dienone is 2. The number of carboxylic acids is 1. The van der Waals surface area contributed by atoms with E-state index in [0.29, 0.717) is 12.3 Å². The maximum absolute atomic E-state index is 13.0. The fourth-order valence-corrected chi connectivity index (χ4v) is 6.93. The number of carbonyl (C=O) groups excluding carboxylic acids is 3. The van der Waals surface area contributed by atoms with Crippen molar-refractivity contribution in [2.75, 3.05) is 6.54 Å². The molecule has 1 spiro atoms. The molecule has 0 aromatic carbocycles. The van der Waals surface area contributed by atoms with Crippen molar-refractivity contribution in [1.29, 1.82) is 0 Å². The highest BCUT2D eigenvalue weighted by atomic mass is 16.5. The van der Waals surface area contributed by atoms with E-state index >= 15 is 0 Å². The summed E-state index contributed by atoms with van der Waals surface area (Å²) >= 11 is 0. The smallest absolute Gasteiger partial charge is 0.326 e. The molecule has 0 aromatic rings. The Morgan fingerprint density at radius 2 is 2.06 bits per heavy atom. The van der Waals surface area contributed by atoms with Gasteiger partial charge in [0.1, 0.15) is 6.04 Å². The molecule has 3 N–H and O–H groups in total. The fraction of sp³-hybridized carbons (Fsp3) is 0.739. The second-order valence-corrected chi connectivity index (χ2v) is 10.3. The summed E-state index contributed by atoms with van der Waals surface area (Å²) < 4.78 is 6.41. The lowest BCUT2D eigenvalue weighted by molar-refractivity contribution is -0.169. The summed E-state index contributed by atoms with van der Waals surface area (Å²) in [5.41, 5.74) is -0.850. The van der Waals surface area contributed by atoms with Crippen LogP contribution in [0.15, 0.2) is 12.2 Å². The highest BCUT2D eigenvalue weighted by Gasteiger charge is 2.71. The number of hydrogen-bond acceptors (Lipinski definition) is 5. The molecule has 2 saturated carbocycles. The van der Waals surface area contributed by atoms with Crippen LogP contribution in [0.4, 0.5) is 0 Å². The molecule has 2 aliphatic heterocycles. The van der Waals surface area contributed by atoms with Crippen molar-refractivity contribution in [2.45, 2.75) is 77.0 Å². The molecule has 31 heavy (non-hydrogen) atoms. The first kappa shape index (κ1) is 22.0. The molecule has 8 nitrogen and oxygen atoms in total. The lowest BCUT2D eigenvalue weighted by Crippen LogP contribution is -2.56. The Balaban J connectivity index is 1.42. The second kappa shape index (κ2) is 7.43. The van der Waals surface area contributed by atoms with Crippen LogP contribution in [0.25, 0.3) is 0 Å². The average molecular weight is 433 g/mol. The Morgan fingerprint density at radius 1 is 1.32 bits per heavy atom. The molecular weight excluding hydrogens is 400 g/mol. The first-order chi connectivity index (χ1) is 14.5. The highest BCUT2D eigenvalue weighted by Crippen LogP contribution is 2.71. The Morgan fingerprint density at radius 3 is 2.71 bits per heavy atom. The maximum Gasteiger partial charge on any atom is 0.326 e. The lowest BCUT2D eigenvalue weighted by Gasteiger charge is -2.55. The number of aliphatic carboxylic acids is 1. The zero-order valence-corrected chi connectivity index (χ0v) is 18.4. The van der Waals surface area contributed by atoms with Crippen molar-refractivity contribution in [3.05, 3.63) is 12.2 Å². The first-order valence-corrected chi connectivity index (χ1v) is 11.2. The zero-order chi connectivity index (χ0) is 22.6. The largest absolute Gasteiger partial charge is 0.480 e. The van der Waals surface area contributed by atoms with Gasteiger partial charge in [-0.25, -0.2) is 4.79 Å². The van der Waals surface area contributed by atoms with Crippen LogP contribution in [-0.2, 0) is 23.9 Å². The molecule has 3 aliphatic carbocycles. The normalized spacial score (nSPS) is 40.5. The summed E-state index contributed by atoms with van der Waals surface area (Å²) in [6.07, 6.45) is 7.28. The minimum absolute atomic E-state index is 0.0268. The Labute approximate surface area is 182 Å². The zero-order valence-electron chi connectivity index (χ0n) is 18.4. The van der Waals surface area contributed by atoms with E-state index in [9.17, 15) is 24.3 Å². The third-order valence-corrected chi connectivity index (χ3v) is 8.23. The van der Waals surface area contributed by atoms with Gasteiger partial charge in [-0.1, -0.05) is 13.0 Å². The van der Waals surface area contributed by atoms with Gasteiger partial charge in [0.25, 0.3) is 0 Å². The molecule has 8 heteroatoms. The van der Waals surface area contributed by atoms with Crippen LogP contribution in [0.5, 0.6) is 0 Å². The molecule has 0 aromatic heterocycles. The van der Waals surface area contributed by atoms with E-state index in [-0.39, 0.29) is 54.1 Å². The first-order valence-electron chi connectivity index (χ1n) is 11.2. The van der Waals surface area contributed by atoms with E-state index in [2.05, 4.69) is 23.6 Å². The molecule has 2 saturated heterocycles. The summed E-state index contributed by atoms with van der Waals surface area (Å²) in [7, 11) is 0. The molecule has 4 bridgehead atoms. The van der Waals surface area contributed by atoms with Gasteiger partial charge in [0, 0.05) is 31.2 Å². The number of nitrogens with one attached hydrogen (secondary N) is 2. The van der Waals surface area contributed by atoms with Crippen molar-refractivity contribution in [3.63, 3.8) is 0 Å². The van der Waals surface area contributed by atoms with E-state index in [1.807, 2.05) is 6.92 Å². The summed E-state index contributed by atoms with van der Waals surface area (Å²) in [6.45, 7) is 5.65. The van der Waals surface area contributed by atoms with Gasteiger partial charge >= 0.3 is 5.97 Å². The molecule has 5 aliphatic rings. The van der Waals surface area contributed by atoms with Gasteiger partial charge < -0.3 is 20.5 Å². The number of rotatable bonds is 8. The summed E-state index contributed by atoms with van der Waals surface area (Å²) in [5, 5.41) is 14.5. The van der Waals surface area contributed by atoms with Gasteiger partial charge in [-0.05, 0) is 56.4 Å². The van der Waals surface area contributed by atoms with Crippen LogP contribution >= 0.6 is 0 Å². The van der Waals surface area contributed by atoms with Crippen molar-refractivity contribution in [2.24, 2.45) is 22.7 Å². The quantitative estimate of drug-likeness (QED) is 0.535. The Hall–Kier alpha value is -2.22. The van der Waals surface area contributed by atoms with Crippen LogP contribution in [-0.4, -0.2) is 53.0 Å². The van der Waals surface area contributed by atoms with Crippen molar-refractivity contribution < 1.29 is 29.0 Å². The summed E-state index contributed by atoms with van der Waals surface area (Å²) in [4.78, 5) is 48.1. The van der Waals surface area contributed by atoms with Gasteiger partial charge in [-0.3, -0.25) is 14.4 Å². The minimum atomic E-state index is -1.15. The topological polar surface area (TPSA) is 122 Å². The van der Waals surface area contributed by atoms with Gasteiger partial charge in [0.15, 0.2) is 5.78 Å². The molecular formula is C23H32N2O6. The molecule has 0 radical (unpaired) electrons. The highest BCUT2D eigenvalue weighted by molar-refractivity contribution is 5.96. The number of ketones is 1. The minimum Gasteiger partial charge on any atom is -0.480 e. The molecule has 4 fully saturated rings. The van der Waals surface area contributed by atoms with Crippen molar-refractivity contribution in [3.8, 4) is 0 Å². The lowest BCUT2D eigenvalue weighted by atomic mass is 9.51. The number of carbonyl (C=O) groups is 4. The molecule has 2 heterocycles. The third-order valence-electron chi connectivity index (χ3n) is 8.23. The van der Waals surface area contributed by atoms with Crippen LogP contribution in [0.3, 0.4) is 0 Å². The fourth-order valence-electron chi connectivity index (χ4n) is 6.93. The van der Waals surface area contributed by atoms with E-state index in [0.717, 1.165) is 19.3 Å². The molecule has 0 unspecified atom stereocenters. The maximum atomic E-state index is 13.0. The summed E-state index contributed by atoms with van der Waals surface area (Å²) in [5.74, 6) is -1.19. The molecule has 2 amide bonds. The number of hydrogen-bond donors (Lipinski definition) is 3. The van der Waals surface area contributed by atoms with Crippen LogP contribution in [0, 0.1) is 22.7 Å². The van der Waals surface area contributed by atoms with Gasteiger partial charge in [0.05, 0.1) is 11.7 Å². The Bertz CT molecular complexity index is 855. The van der Waals surface area contributed by atoms with E-state index in [1.165, 1.54) is 6.92 Å². The predicted octanol–water partition coefficient (Wildman–Crippen LogP) is 1.58. The van der Waals surface area contributed by atoms with Crippen molar-refractivity contribution >= 4 is 23.6 Å². The van der Waals surface area contributed by atoms with Gasteiger partial charge in [-0.2, -0.15) is 0 Å². The van der Waals surface area contributed by atoms with E-state index in [1.54, 1.807) is 6.08 Å². The van der Waals surface area contributed by atoms with Crippen LogP contribution < -0.4 is 10.6 Å². The third kappa shape index (κ3) is 3.58. The number of carboxylic acid groups (broad SMARTS) is 1. The van der Waals surface area contributed by atoms with E-state index < -0.39 is 23.3 Å². The molecule has 5 rings (SSSR count). The Kier molecular flexibility index (Phi) is 5.27. The van der Waals surface area contributed by atoms with E-state index in [4.69, 9.17) is 4.74 Å². The average Bonchev–Trinajstić information content (AvgIpc) is 3.04. The standard InChI is InChI=1S/C23H32N2O6/c1-13(26)24-9-6-15(20(29)30)25-18(28)5-7-21(2)17(27)4-8-23-11-14-10-16(19(21)23)31-22(14,3)12-23/h4,8,14-16,19H,5-7,9-12H2,1-3H3,(H,24,26)(H,25,28)(H,29,30)/t14-,15+,16+,19+,21-,22+,23+/m1/s1. The summed E-state index contributed by atoms with van der Waals surface area (Å²) in [6, 6.07) is -1.08. The SMILES string of the molecule is CC(=O)NCC[C@H](NC(=O)CC[C@]1(C)C(=O)C=C[C@]23C[C@H]4C[C@H](O[C@@]4(C)C2)[C@H]31)C(=O)O. The molecule has 170 valence electrons. The van der Waals surface area contributed by atoms with Crippen molar-refractivity contribution in [1.82, 2.24) is 10.6 Å². The monoisotopic (exact) mass is 432 g/mol. The number of ether oxygens (including phenoxy) is 1. The number of amides is 2. The molecule has 7 atom stereocenters. The van der Waals surface area contributed by atoms with Gasteiger partial charge in [-0.15, -0.1) is 0 Å². The predicted molar refractivity (Wildman–Crippen MR) is 111 cm³/mol. The van der Waals surface area contributed by atoms with Gasteiger partial charge in [0.2, 0.25) is 11.8 Å². The van der Waals surface area contributed by atoms with Crippen LogP contribution in [0.2, 0.25) is 0 Å².